The zero-order chi connectivity index (χ0) is 15.5. The van der Waals surface area contributed by atoms with Gasteiger partial charge in [0, 0.05) is 22.7 Å². The zero-order valence-electron chi connectivity index (χ0n) is 12.7. The molecule has 1 heterocycles. The van der Waals surface area contributed by atoms with E-state index >= 15 is 0 Å². The molecule has 1 rings (SSSR count). The Kier molecular flexibility index (Phi) is 5.54. The average Bonchev–Trinajstić information content (AvgIpc) is 2.25. The Bertz CT molecular complexity index is 481. The summed E-state index contributed by atoms with van der Waals surface area (Å²) in [4.78, 5) is 16.4. The van der Waals surface area contributed by atoms with Crippen LogP contribution in [0.5, 0.6) is 0 Å². The van der Waals surface area contributed by atoms with E-state index in [2.05, 4.69) is 10.3 Å². The van der Waals surface area contributed by atoms with E-state index < -0.39 is 6.10 Å². The van der Waals surface area contributed by atoms with Gasteiger partial charge in [-0.15, -0.1) is 0 Å². The highest BCUT2D eigenvalue weighted by atomic mass is 35.5. The number of aliphatic hydroxyl groups is 1. The zero-order valence-corrected chi connectivity index (χ0v) is 13.5. The molecule has 20 heavy (non-hydrogen) atoms. The van der Waals surface area contributed by atoms with Gasteiger partial charge in [-0.05, 0) is 32.4 Å². The number of hydrogen-bond donors (Lipinski definition) is 2. The molecule has 0 radical (unpaired) electrons. The van der Waals surface area contributed by atoms with Crippen LogP contribution >= 0.6 is 11.6 Å². The topological polar surface area (TPSA) is 62.2 Å². The number of aromatic nitrogens is 1. The van der Waals surface area contributed by atoms with Crippen molar-refractivity contribution in [3.63, 3.8) is 0 Å². The monoisotopic (exact) mass is 298 g/mol. The molecular formula is C15H23ClN2O2. The molecule has 0 saturated carbocycles. The standard InChI is InChI=1S/C15H23ClN2O2/c1-9(6-10(2)19)17-14(20)11-7-12(15(3,4)5)18-13(16)8-11/h7-10,19H,6H2,1-5H3,(H,17,20). The highest BCUT2D eigenvalue weighted by molar-refractivity contribution is 6.29. The molecule has 0 bridgehead atoms. The number of nitrogens with one attached hydrogen (secondary N) is 1. The Morgan fingerprint density at radius 3 is 2.50 bits per heavy atom. The minimum Gasteiger partial charge on any atom is -0.393 e. The summed E-state index contributed by atoms with van der Waals surface area (Å²) in [6.07, 6.45) is 0.0629. The summed E-state index contributed by atoms with van der Waals surface area (Å²) in [5, 5.41) is 12.5. The smallest absolute Gasteiger partial charge is 0.251 e. The summed E-state index contributed by atoms with van der Waals surface area (Å²) in [6.45, 7) is 9.61. The molecule has 0 spiro atoms. The fourth-order valence-electron chi connectivity index (χ4n) is 1.89. The van der Waals surface area contributed by atoms with Crippen LogP contribution in [-0.4, -0.2) is 28.1 Å². The Balaban J connectivity index is 2.91. The van der Waals surface area contributed by atoms with Crippen molar-refractivity contribution in [2.75, 3.05) is 0 Å². The summed E-state index contributed by atoms with van der Waals surface area (Å²) < 4.78 is 0. The second-order valence-corrected chi connectivity index (χ2v) is 6.66. The fraction of sp³-hybridized carbons (Fsp3) is 0.600. The predicted molar refractivity (Wildman–Crippen MR) is 81.2 cm³/mol. The van der Waals surface area contributed by atoms with Crippen LogP contribution in [0.25, 0.3) is 0 Å². The molecule has 2 unspecified atom stereocenters. The van der Waals surface area contributed by atoms with Gasteiger partial charge in [0.25, 0.3) is 5.91 Å². The molecule has 1 aromatic heterocycles. The van der Waals surface area contributed by atoms with Crippen LogP contribution in [0.15, 0.2) is 12.1 Å². The lowest BCUT2D eigenvalue weighted by atomic mass is 9.91. The lowest BCUT2D eigenvalue weighted by molar-refractivity contribution is 0.0922. The van der Waals surface area contributed by atoms with Crippen LogP contribution < -0.4 is 5.32 Å². The van der Waals surface area contributed by atoms with Gasteiger partial charge < -0.3 is 10.4 Å². The number of carbonyl (C=O) groups excluding carboxylic acids is 1. The minimum atomic E-state index is -0.448. The fourth-order valence-corrected chi connectivity index (χ4v) is 2.10. The molecule has 112 valence electrons. The van der Waals surface area contributed by atoms with Gasteiger partial charge in [0.2, 0.25) is 0 Å². The molecule has 4 nitrogen and oxygen atoms in total. The van der Waals surface area contributed by atoms with E-state index in [1.165, 1.54) is 0 Å². The van der Waals surface area contributed by atoms with E-state index in [-0.39, 0.29) is 17.4 Å². The van der Waals surface area contributed by atoms with E-state index in [1.54, 1.807) is 19.1 Å². The molecule has 1 aromatic rings. The van der Waals surface area contributed by atoms with Gasteiger partial charge in [-0.3, -0.25) is 4.79 Å². The van der Waals surface area contributed by atoms with Crippen molar-refractivity contribution in [2.24, 2.45) is 0 Å². The molecular weight excluding hydrogens is 276 g/mol. The molecule has 1 amide bonds. The van der Waals surface area contributed by atoms with E-state index in [9.17, 15) is 9.90 Å². The summed E-state index contributed by atoms with van der Waals surface area (Å²) >= 11 is 5.99. The maximum absolute atomic E-state index is 12.2. The number of aliphatic hydroxyl groups excluding tert-OH is 1. The summed E-state index contributed by atoms with van der Waals surface area (Å²) in [6, 6.07) is 3.21. The first-order chi connectivity index (χ1) is 9.09. The first kappa shape index (κ1) is 16.9. The summed E-state index contributed by atoms with van der Waals surface area (Å²) in [5.41, 5.74) is 1.09. The van der Waals surface area contributed by atoms with Crippen molar-refractivity contribution in [1.29, 1.82) is 0 Å². The van der Waals surface area contributed by atoms with E-state index in [0.717, 1.165) is 5.69 Å². The first-order valence-electron chi connectivity index (χ1n) is 6.76. The third-order valence-corrected chi connectivity index (χ3v) is 3.09. The molecule has 0 aromatic carbocycles. The van der Waals surface area contributed by atoms with Crippen molar-refractivity contribution in [3.8, 4) is 0 Å². The molecule has 2 atom stereocenters. The third-order valence-electron chi connectivity index (χ3n) is 2.90. The number of amides is 1. The van der Waals surface area contributed by atoms with Gasteiger partial charge in [-0.2, -0.15) is 0 Å². The maximum Gasteiger partial charge on any atom is 0.251 e. The molecule has 2 N–H and O–H groups in total. The Morgan fingerprint density at radius 2 is 2.00 bits per heavy atom. The predicted octanol–water partition coefficient (Wildman–Crippen LogP) is 2.92. The van der Waals surface area contributed by atoms with Crippen molar-refractivity contribution in [2.45, 2.75) is 58.6 Å². The van der Waals surface area contributed by atoms with E-state index in [1.807, 2.05) is 27.7 Å². The number of carbonyl (C=O) groups is 1. The van der Waals surface area contributed by atoms with E-state index in [0.29, 0.717) is 17.1 Å². The maximum atomic E-state index is 12.2. The minimum absolute atomic E-state index is 0.104. The van der Waals surface area contributed by atoms with Crippen LogP contribution in [0.1, 0.15) is 57.1 Å². The summed E-state index contributed by atoms with van der Waals surface area (Å²) in [5.74, 6) is -0.201. The lowest BCUT2D eigenvalue weighted by Gasteiger charge is -2.20. The van der Waals surface area contributed by atoms with Crippen LogP contribution in [0.2, 0.25) is 5.15 Å². The quantitative estimate of drug-likeness (QED) is 0.840. The first-order valence-corrected chi connectivity index (χ1v) is 7.14. The Labute approximate surface area is 125 Å². The highest BCUT2D eigenvalue weighted by Crippen LogP contribution is 2.23. The molecule has 5 heteroatoms. The second-order valence-electron chi connectivity index (χ2n) is 6.27. The second kappa shape index (κ2) is 6.55. The van der Waals surface area contributed by atoms with Gasteiger partial charge >= 0.3 is 0 Å². The SMILES string of the molecule is CC(O)CC(C)NC(=O)c1cc(Cl)nc(C(C)(C)C)c1. The van der Waals surface area contributed by atoms with Gasteiger partial charge in [0.05, 0.1) is 6.10 Å². The van der Waals surface area contributed by atoms with Gasteiger partial charge in [0.1, 0.15) is 5.15 Å². The summed E-state index contributed by atoms with van der Waals surface area (Å²) in [7, 11) is 0. The number of halogens is 1. The van der Waals surface area contributed by atoms with Gasteiger partial charge in [-0.25, -0.2) is 4.98 Å². The lowest BCUT2D eigenvalue weighted by Crippen LogP contribution is -2.34. The molecule has 0 fully saturated rings. The molecule has 0 aliphatic carbocycles. The number of pyridine rings is 1. The van der Waals surface area contributed by atoms with Crippen LogP contribution in [-0.2, 0) is 5.41 Å². The van der Waals surface area contributed by atoms with Crippen molar-refractivity contribution in [3.05, 3.63) is 28.5 Å². The highest BCUT2D eigenvalue weighted by Gasteiger charge is 2.19. The molecule has 0 saturated heterocycles. The van der Waals surface area contributed by atoms with E-state index in [4.69, 9.17) is 11.6 Å². The van der Waals surface area contributed by atoms with Crippen LogP contribution in [0.4, 0.5) is 0 Å². The van der Waals surface area contributed by atoms with Crippen molar-refractivity contribution in [1.82, 2.24) is 10.3 Å². The Hall–Kier alpha value is -1.13. The molecule has 0 aliphatic rings. The van der Waals surface area contributed by atoms with Gasteiger partial charge in [-0.1, -0.05) is 32.4 Å². The third kappa shape index (κ3) is 5.10. The van der Waals surface area contributed by atoms with Crippen molar-refractivity contribution >= 4 is 17.5 Å². The van der Waals surface area contributed by atoms with Gasteiger partial charge in [0.15, 0.2) is 0 Å². The van der Waals surface area contributed by atoms with Crippen LogP contribution in [0.3, 0.4) is 0 Å². The largest absolute Gasteiger partial charge is 0.393 e. The average molecular weight is 299 g/mol. The normalized spacial score (nSPS) is 14.8. The number of hydrogen-bond acceptors (Lipinski definition) is 3. The number of nitrogens with zero attached hydrogens (tertiary/aromatic N) is 1. The Morgan fingerprint density at radius 1 is 1.40 bits per heavy atom. The van der Waals surface area contributed by atoms with Crippen molar-refractivity contribution < 1.29 is 9.90 Å². The van der Waals surface area contributed by atoms with Crippen LogP contribution in [0, 0.1) is 0 Å². The molecule has 0 aliphatic heterocycles. The number of rotatable bonds is 4.